The van der Waals surface area contributed by atoms with E-state index in [-0.39, 0.29) is 5.91 Å². The Bertz CT molecular complexity index is 885. The highest BCUT2D eigenvalue weighted by molar-refractivity contribution is 7.88. The van der Waals surface area contributed by atoms with E-state index in [2.05, 4.69) is 15.5 Å². The molecule has 3 rings (SSSR count). The topological polar surface area (TPSA) is 102 Å². The second-order valence-electron chi connectivity index (χ2n) is 6.34. The fourth-order valence-corrected chi connectivity index (χ4v) is 3.54. The van der Waals surface area contributed by atoms with Crippen LogP contribution in [0.1, 0.15) is 29.9 Å². The van der Waals surface area contributed by atoms with E-state index in [1.54, 1.807) is 22.5 Å². The number of carbonyl (C=O) groups excluding carboxylic acids is 1. The Morgan fingerprint density at radius 2 is 2.16 bits per heavy atom. The third-order valence-electron chi connectivity index (χ3n) is 4.23. The Morgan fingerprint density at radius 3 is 2.80 bits per heavy atom. The van der Waals surface area contributed by atoms with E-state index in [4.69, 9.17) is 0 Å². The van der Waals surface area contributed by atoms with Crippen molar-refractivity contribution in [3.8, 4) is 0 Å². The van der Waals surface area contributed by atoms with Crippen LogP contribution >= 0.6 is 0 Å². The highest BCUT2D eigenvalue weighted by Crippen LogP contribution is 2.16. The Hall–Kier alpha value is -2.20. The third-order valence-corrected chi connectivity index (χ3v) is 5.48. The minimum atomic E-state index is -3.21. The molecule has 1 atom stereocenters. The number of hydrogen-bond donors (Lipinski definition) is 1. The number of hydrogen-bond acceptors (Lipinski definition) is 5. The minimum absolute atomic E-state index is 0.146. The second kappa shape index (κ2) is 6.60. The summed E-state index contributed by atoms with van der Waals surface area (Å²) in [6.07, 6.45) is 4.73. The van der Waals surface area contributed by atoms with Gasteiger partial charge in [-0.2, -0.15) is 14.5 Å². The van der Waals surface area contributed by atoms with Gasteiger partial charge in [-0.3, -0.25) is 14.2 Å². The normalized spacial score (nSPS) is 16.4. The standard InChI is InChI=1S/C15H22N6O3S/c1-11-7-17-21(9-11)12(2)15(22)16-8-13-6-14-10-19(25(3,23)24)4-5-20(14)18-13/h6-7,9,12H,4-5,8,10H2,1-3H3,(H,16,22)/t12-/m0/s1. The summed E-state index contributed by atoms with van der Waals surface area (Å²) in [5.41, 5.74) is 2.54. The van der Waals surface area contributed by atoms with Gasteiger partial charge in [0.25, 0.3) is 0 Å². The van der Waals surface area contributed by atoms with Crippen LogP contribution in [0.2, 0.25) is 0 Å². The molecule has 1 aliphatic rings. The van der Waals surface area contributed by atoms with Gasteiger partial charge in [-0.25, -0.2) is 8.42 Å². The summed E-state index contributed by atoms with van der Waals surface area (Å²) in [7, 11) is -3.21. The van der Waals surface area contributed by atoms with Crippen LogP contribution in [0.5, 0.6) is 0 Å². The maximum atomic E-state index is 12.3. The maximum Gasteiger partial charge on any atom is 0.244 e. The minimum Gasteiger partial charge on any atom is -0.349 e. The average molecular weight is 366 g/mol. The van der Waals surface area contributed by atoms with E-state index in [9.17, 15) is 13.2 Å². The zero-order chi connectivity index (χ0) is 18.2. The van der Waals surface area contributed by atoms with Crippen LogP contribution < -0.4 is 5.32 Å². The van der Waals surface area contributed by atoms with Crippen molar-refractivity contribution in [2.24, 2.45) is 0 Å². The zero-order valence-electron chi connectivity index (χ0n) is 14.5. The van der Waals surface area contributed by atoms with E-state index in [0.29, 0.717) is 31.9 Å². The SMILES string of the molecule is Cc1cnn([C@@H](C)C(=O)NCc2cc3n(n2)CCN(S(C)(=O)=O)C3)c1. The molecule has 10 heteroatoms. The first-order chi connectivity index (χ1) is 11.7. The smallest absolute Gasteiger partial charge is 0.244 e. The third kappa shape index (κ3) is 3.90. The Morgan fingerprint density at radius 1 is 1.40 bits per heavy atom. The van der Waals surface area contributed by atoms with Gasteiger partial charge in [0.2, 0.25) is 15.9 Å². The molecule has 1 amide bonds. The van der Waals surface area contributed by atoms with Gasteiger partial charge in [-0.05, 0) is 25.5 Å². The van der Waals surface area contributed by atoms with Gasteiger partial charge < -0.3 is 5.32 Å². The summed E-state index contributed by atoms with van der Waals surface area (Å²) in [6, 6.07) is 1.42. The number of amides is 1. The molecule has 0 spiro atoms. The Balaban J connectivity index is 1.61. The number of carbonyl (C=O) groups is 1. The van der Waals surface area contributed by atoms with Crippen LogP contribution in [0.15, 0.2) is 18.5 Å². The summed E-state index contributed by atoms with van der Waals surface area (Å²) in [4.78, 5) is 12.3. The maximum absolute atomic E-state index is 12.3. The van der Waals surface area contributed by atoms with E-state index in [0.717, 1.165) is 11.3 Å². The molecule has 0 bridgehead atoms. The molecule has 0 aromatic carbocycles. The quantitative estimate of drug-likeness (QED) is 0.805. The Labute approximate surface area is 146 Å². The van der Waals surface area contributed by atoms with Gasteiger partial charge in [0.05, 0.1) is 43.5 Å². The van der Waals surface area contributed by atoms with E-state index < -0.39 is 16.1 Å². The van der Waals surface area contributed by atoms with Crippen LogP contribution in [-0.2, 0) is 34.5 Å². The summed E-state index contributed by atoms with van der Waals surface area (Å²) in [5, 5.41) is 11.4. The highest BCUT2D eigenvalue weighted by Gasteiger charge is 2.24. The van der Waals surface area contributed by atoms with E-state index in [1.165, 1.54) is 10.6 Å². The molecule has 1 aliphatic heterocycles. The lowest BCUT2D eigenvalue weighted by Gasteiger charge is -2.25. The molecular formula is C15H22N6O3S. The largest absolute Gasteiger partial charge is 0.349 e. The average Bonchev–Trinajstić information content (AvgIpc) is 3.15. The van der Waals surface area contributed by atoms with Crippen molar-refractivity contribution in [2.75, 3.05) is 12.8 Å². The first-order valence-corrected chi connectivity index (χ1v) is 9.88. The molecule has 0 fully saturated rings. The lowest BCUT2D eigenvalue weighted by Crippen LogP contribution is -2.37. The molecule has 0 saturated heterocycles. The summed E-state index contributed by atoms with van der Waals surface area (Å²) in [5.74, 6) is -0.146. The highest BCUT2D eigenvalue weighted by atomic mass is 32.2. The van der Waals surface area contributed by atoms with Crippen molar-refractivity contribution in [1.29, 1.82) is 0 Å². The Kier molecular flexibility index (Phi) is 4.65. The van der Waals surface area contributed by atoms with Crippen molar-refractivity contribution >= 4 is 15.9 Å². The predicted molar refractivity (Wildman–Crippen MR) is 91.0 cm³/mol. The number of rotatable bonds is 5. The number of aryl methyl sites for hydroxylation is 1. The van der Waals surface area contributed by atoms with Crippen molar-refractivity contribution in [1.82, 2.24) is 29.2 Å². The number of nitrogens with one attached hydrogen (secondary N) is 1. The fourth-order valence-electron chi connectivity index (χ4n) is 2.76. The molecule has 1 N–H and O–H groups in total. The first-order valence-electron chi connectivity index (χ1n) is 8.03. The van der Waals surface area contributed by atoms with Crippen molar-refractivity contribution in [2.45, 2.75) is 39.5 Å². The molecule has 3 heterocycles. The van der Waals surface area contributed by atoms with Gasteiger partial charge in [-0.15, -0.1) is 0 Å². The molecule has 0 aliphatic carbocycles. The predicted octanol–water partition coefficient (Wildman–Crippen LogP) is 0.0406. The van der Waals surface area contributed by atoms with Gasteiger partial charge in [-0.1, -0.05) is 0 Å². The molecule has 0 saturated carbocycles. The zero-order valence-corrected chi connectivity index (χ0v) is 15.3. The summed E-state index contributed by atoms with van der Waals surface area (Å²) in [6.45, 7) is 5.23. The monoisotopic (exact) mass is 366 g/mol. The van der Waals surface area contributed by atoms with Crippen LogP contribution in [0.3, 0.4) is 0 Å². The molecule has 2 aromatic rings. The van der Waals surface area contributed by atoms with Crippen LogP contribution in [0.25, 0.3) is 0 Å². The molecule has 0 unspecified atom stereocenters. The lowest BCUT2D eigenvalue weighted by atomic mass is 10.3. The second-order valence-corrected chi connectivity index (χ2v) is 8.32. The molecule has 9 nitrogen and oxygen atoms in total. The fraction of sp³-hybridized carbons (Fsp3) is 0.533. The number of fused-ring (bicyclic) bond motifs is 1. The number of aromatic nitrogens is 4. The number of nitrogens with zero attached hydrogens (tertiary/aromatic N) is 5. The summed E-state index contributed by atoms with van der Waals surface area (Å²) >= 11 is 0. The molecule has 0 radical (unpaired) electrons. The van der Waals surface area contributed by atoms with Gasteiger partial charge >= 0.3 is 0 Å². The molecular weight excluding hydrogens is 344 g/mol. The van der Waals surface area contributed by atoms with Crippen molar-refractivity contribution in [3.63, 3.8) is 0 Å². The summed E-state index contributed by atoms with van der Waals surface area (Å²) < 4.78 is 28.2. The van der Waals surface area contributed by atoms with Crippen LogP contribution in [0.4, 0.5) is 0 Å². The van der Waals surface area contributed by atoms with E-state index >= 15 is 0 Å². The molecule has 2 aromatic heterocycles. The number of sulfonamides is 1. The van der Waals surface area contributed by atoms with E-state index in [1.807, 2.05) is 19.2 Å². The van der Waals surface area contributed by atoms with Gasteiger partial charge in [0.15, 0.2) is 0 Å². The van der Waals surface area contributed by atoms with Crippen molar-refractivity contribution < 1.29 is 13.2 Å². The van der Waals surface area contributed by atoms with Crippen molar-refractivity contribution in [3.05, 3.63) is 35.4 Å². The van der Waals surface area contributed by atoms with Gasteiger partial charge in [0.1, 0.15) is 6.04 Å². The van der Waals surface area contributed by atoms with Gasteiger partial charge in [0, 0.05) is 12.7 Å². The van der Waals surface area contributed by atoms with Crippen LogP contribution in [0, 0.1) is 6.92 Å². The first kappa shape index (κ1) is 17.6. The van der Waals surface area contributed by atoms with Crippen LogP contribution in [-0.4, -0.2) is 51.0 Å². The lowest BCUT2D eigenvalue weighted by molar-refractivity contribution is -0.124. The molecule has 25 heavy (non-hydrogen) atoms. The molecule has 136 valence electrons.